The summed E-state index contributed by atoms with van der Waals surface area (Å²) in [6.07, 6.45) is -70.2. The molecule has 0 aromatic heterocycles. The van der Waals surface area contributed by atoms with Gasteiger partial charge in [0.1, 0.15) is 171 Å². The number of hydrogen-bond donors (Lipinski definition) is 22. The molecule has 22 rings (SSSR count). The summed E-state index contributed by atoms with van der Waals surface area (Å²) < 4.78 is 81.3. The molecule has 1 amide bonds. The number of carbonyl (C=O) groups is 1. The Morgan fingerprint density at radius 1 is 0.295 bits per heavy atom. The summed E-state index contributed by atoms with van der Waals surface area (Å²) in [5.74, 6) is -0.433. The lowest BCUT2D eigenvalue weighted by molar-refractivity contribution is -0.396. The second kappa shape index (κ2) is 30.6. The number of benzene rings is 1. The lowest BCUT2D eigenvalue weighted by atomic mass is 9.95. The molecule has 88 heavy (non-hydrogen) atoms. The maximum Gasteiger partial charge on any atom is 0.251 e. The molecule has 504 valence electrons. The molecule has 0 unspecified atom stereocenters. The van der Waals surface area contributed by atoms with E-state index in [2.05, 4.69) is 10.6 Å². The van der Waals surface area contributed by atoms with Gasteiger partial charge in [0, 0.05) is 25.2 Å². The first-order chi connectivity index (χ1) is 42.1. The minimum Gasteiger partial charge on any atom is -0.394 e. The maximum absolute atomic E-state index is 12.7. The molecule has 22 N–H and O–H groups in total. The fraction of sp³-hybridized carbons (Fsp3) is 0.863. The maximum atomic E-state index is 12.7. The van der Waals surface area contributed by atoms with Crippen LogP contribution in [0.3, 0.4) is 0 Å². The topological polar surface area (TPSA) is 575 Å². The van der Waals surface area contributed by atoms with Gasteiger partial charge in [-0.25, -0.2) is 0 Å². The van der Waals surface area contributed by atoms with E-state index in [0.717, 1.165) is 0 Å². The molecule has 14 bridgehead atoms. The van der Waals surface area contributed by atoms with Crippen molar-refractivity contribution >= 4 is 5.91 Å². The van der Waals surface area contributed by atoms with Crippen molar-refractivity contribution in [3.05, 3.63) is 35.9 Å². The van der Waals surface area contributed by atoms with Gasteiger partial charge in [-0.1, -0.05) is 18.2 Å². The lowest BCUT2D eigenvalue weighted by Crippen LogP contribution is -2.68. The molecule has 0 aliphatic carbocycles. The van der Waals surface area contributed by atoms with E-state index in [1.165, 1.54) is 0 Å². The molecule has 37 nitrogen and oxygen atoms in total. The van der Waals surface area contributed by atoms with Crippen molar-refractivity contribution < 1.29 is 173 Å². The van der Waals surface area contributed by atoms with E-state index in [-0.39, 0.29) is 19.6 Å². The molecule has 35 atom stereocenters. The third kappa shape index (κ3) is 14.5. The van der Waals surface area contributed by atoms with Crippen LogP contribution in [0.4, 0.5) is 0 Å². The first kappa shape index (κ1) is 69.6. The van der Waals surface area contributed by atoms with Gasteiger partial charge in [0.2, 0.25) is 0 Å². The minimum atomic E-state index is -2.22. The van der Waals surface area contributed by atoms with E-state index in [1.54, 1.807) is 30.3 Å². The van der Waals surface area contributed by atoms with E-state index in [4.69, 9.17) is 66.3 Å². The molecule has 21 heterocycles. The molecular weight excluding hydrogens is 1200 g/mol. The van der Waals surface area contributed by atoms with E-state index in [9.17, 15) is 107 Å². The first-order valence-corrected chi connectivity index (χ1v) is 28.5. The van der Waals surface area contributed by atoms with Crippen LogP contribution in [0.2, 0.25) is 0 Å². The molecule has 21 saturated heterocycles. The van der Waals surface area contributed by atoms with Crippen LogP contribution in [0.5, 0.6) is 0 Å². The third-order valence-electron chi connectivity index (χ3n) is 16.6. The minimum absolute atomic E-state index is 0.000679. The number of ether oxygens (including phenoxy) is 14. The molecule has 21 aliphatic heterocycles. The van der Waals surface area contributed by atoms with Crippen LogP contribution in [0.25, 0.3) is 0 Å². The lowest BCUT2D eigenvalue weighted by Gasteiger charge is -2.50. The summed E-state index contributed by atoms with van der Waals surface area (Å²) in [7, 11) is 0. The number of rotatable bonds is 12. The Hall–Kier alpha value is -2.71. The number of amides is 1. The summed E-state index contributed by atoms with van der Waals surface area (Å²) in [6, 6.07) is 8.17. The van der Waals surface area contributed by atoms with Crippen molar-refractivity contribution in [1.82, 2.24) is 10.6 Å². The van der Waals surface area contributed by atoms with Gasteiger partial charge in [-0.2, -0.15) is 0 Å². The Morgan fingerprint density at radius 3 is 0.739 bits per heavy atom. The molecule has 1 aromatic rings. The zero-order valence-corrected chi connectivity index (χ0v) is 46.5. The fourth-order valence-electron chi connectivity index (χ4n) is 11.6. The van der Waals surface area contributed by atoms with Crippen LogP contribution in [0, 0.1) is 0 Å². The zero-order valence-electron chi connectivity index (χ0n) is 46.5. The van der Waals surface area contributed by atoms with Gasteiger partial charge in [-0.05, 0) is 12.1 Å². The van der Waals surface area contributed by atoms with Gasteiger partial charge in [0.15, 0.2) is 44.0 Å². The van der Waals surface area contributed by atoms with Crippen molar-refractivity contribution in [2.75, 3.05) is 59.3 Å². The molecule has 0 radical (unpaired) electrons. The smallest absolute Gasteiger partial charge is 0.251 e. The Labute approximate surface area is 499 Å². The molecular formula is C51H80N2O35. The van der Waals surface area contributed by atoms with Crippen LogP contribution in [0.1, 0.15) is 10.4 Å². The number of nitrogens with one attached hydrogen (secondary N) is 2. The Balaban J connectivity index is 0.995. The summed E-state index contributed by atoms with van der Waals surface area (Å²) in [5, 5.41) is 229. The van der Waals surface area contributed by atoms with Gasteiger partial charge in [0.25, 0.3) is 5.91 Å². The summed E-state index contributed by atoms with van der Waals surface area (Å²) in [6.45, 7) is -6.68. The molecule has 21 fully saturated rings. The van der Waals surface area contributed by atoms with Gasteiger partial charge in [-0.3, -0.25) is 4.79 Å². The van der Waals surface area contributed by atoms with E-state index < -0.39 is 260 Å². The van der Waals surface area contributed by atoms with Crippen LogP contribution in [-0.2, 0) is 66.3 Å². The van der Waals surface area contributed by atoms with Crippen molar-refractivity contribution in [3.8, 4) is 0 Å². The fourth-order valence-corrected chi connectivity index (χ4v) is 11.6. The van der Waals surface area contributed by atoms with Crippen LogP contribution in [-0.4, -0.2) is 382 Å². The number of carbonyl (C=O) groups excluding carboxylic acids is 1. The number of aliphatic hydroxyl groups excluding tert-OH is 20. The monoisotopic (exact) mass is 1280 g/mol. The highest BCUT2D eigenvalue weighted by Crippen LogP contribution is 2.39. The summed E-state index contributed by atoms with van der Waals surface area (Å²) in [4.78, 5) is 12.7. The molecule has 1 aromatic carbocycles. The van der Waals surface area contributed by atoms with Crippen LogP contribution < -0.4 is 10.6 Å². The highest BCUT2D eigenvalue weighted by molar-refractivity contribution is 5.94. The standard InChI is InChI=1S/C51H80N2O35/c54-9-17-38-25(62)32(69)47(77-17)85-40-19(11-56)79-49(34(71)27(40)64)87-42-21(13-58)81-51(36(73)29(42)66)88-43-22(14-59)80-50(35(72)28(43)65)86-41-20(12-57)78-48(33(70)26(41)63)84-39-18(10-55)76-46(31(68)24(39)61)82-37-16(75-45(83-38)30(67)23(37)60)8-52-6-7-53-44(74)15-4-2-1-3-5-15/h1-5,16-43,45-52,54-73H,6-14H2,(H,53,74)/t16-,17+,18-,19+,20-,21+,22-,23+,24+,25-,26+,27+,28+,29+,30+,31+,32-,33+,34-,35+,36+,37+,38+,39+,40+,41+,42+,43+,45+,46+,47+,48+,49+,50+,51+/m0/s1. The van der Waals surface area contributed by atoms with E-state index in [1.807, 2.05) is 0 Å². The second-order valence-corrected chi connectivity index (χ2v) is 22.3. The first-order valence-electron chi connectivity index (χ1n) is 28.5. The SMILES string of the molecule is O=C(NCCNC[C@@H]1O[C@@H]2O[C@H]3[C@@H](O)[C@H](O)[C@@H](O[C@H]4[C@H](O)[C@H](O)[C@@H](O[C@H]5[C@H](O)[C@@H](O)[C@@H](O[C@H]6[C@H](O)[C@@H](O)[C@@H](O[C@H]7[C@H](O)[C@@H](O)[C@@H](O[C@H]8[C@H](O)[C@@H](O)[C@@H](O[C@H]1[C@H](O)[C@H]2O)O[C@H]8CO)O[C@H]7CO)O[C@H]6CO)O[C@@H]5CO)O[C@@H]4CO)O[C@@H]3CO)c1ccccc1. The molecule has 21 aliphatic rings. The van der Waals surface area contributed by atoms with Crippen LogP contribution >= 0.6 is 0 Å². The third-order valence-corrected chi connectivity index (χ3v) is 16.6. The predicted molar refractivity (Wildman–Crippen MR) is 273 cm³/mol. The van der Waals surface area contributed by atoms with Gasteiger partial charge in [-0.15, -0.1) is 0 Å². The van der Waals surface area contributed by atoms with Crippen molar-refractivity contribution in [3.63, 3.8) is 0 Å². The normalized spacial score (nSPS) is 49.8. The summed E-state index contributed by atoms with van der Waals surface area (Å²) in [5.41, 5.74) is 0.345. The van der Waals surface area contributed by atoms with E-state index in [0.29, 0.717) is 5.56 Å². The Bertz CT molecular complexity index is 2300. The largest absolute Gasteiger partial charge is 0.394 e. The second-order valence-electron chi connectivity index (χ2n) is 22.3. The van der Waals surface area contributed by atoms with Gasteiger partial charge in [0.05, 0.1) is 39.6 Å². The molecule has 0 saturated carbocycles. The van der Waals surface area contributed by atoms with Crippen LogP contribution in [0.15, 0.2) is 30.3 Å². The van der Waals surface area contributed by atoms with Crippen molar-refractivity contribution in [1.29, 1.82) is 0 Å². The van der Waals surface area contributed by atoms with Crippen molar-refractivity contribution in [2.45, 2.75) is 215 Å². The van der Waals surface area contributed by atoms with E-state index >= 15 is 0 Å². The highest BCUT2D eigenvalue weighted by atomic mass is 16.8. The average molecular weight is 1280 g/mol. The Kier molecular flexibility index (Phi) is 24.2. The zero-order chi connectivity index (χ0) is 63.6. The Morgan fingerprint density at radius 2 is 0.511 bits per heavy atom. The highest BCUT2D eigenvalue weighted by Gasteiger charge is 2.59. The number of hydrogen-bond acceptors (Lipinski definition) is 36. The summed E-state index contributed by atoms with van der Waals surface area (Å²) >= 11 is 0. The molecule has 0 spiro atoms. The van der Waals surface area contributed by atoms with Crippen molar-refractivity contribution in [2.24, 2.45) is 0 Å². The van der Waals surface area contributed by atoms with Gasteiger partial charge >= 0.3 is 0 Å². The predicted octanol–water partition coefficient (Wildman–Crippen LogP) is -14.2. The quantitative estimate of drug-likeness (QED) is 0.0864. The average Bonchev–Trinajstić information content (AvgIpc) is 1.59. The molecule has 37 heteroatoms. The van der Waals surface area contributed by atoms with Gasteiger partial charge < -0.3 is 179 Å². The number of aliphatic hydroxyl groups is 20.